The maximum atomic E-state index is 12.9. The zero-order chi connectivity index (χ0) is 18.5. The van der Waals surface area contributed by atoms with Crippen LogP contribution in [-0.2, 0) is 6.42 Å². The number of fused-ring (bicyclic) bond motifs is 1. The van der Waals surface area contributed by atoms with Crippen LogP contribution < -0.4 is 5.32 Å². The number of unbranched alkanes of at least 4 members (excludes halogenated alkanes) is 2. The van der Waals surface area contributed by atoms with Gasteiger partial charge < -0.3 is 0 Å². The number of aromatic nitrogens is 3. The molecule has 3 rings (SSSR count). The predicted molar refractivity (Wildman–Crippen MR) is 107 cm³/mol. The maximum Gasteiger partial charge on any atom is 0.258 e. The first-order valence-corrected chi connectivity index (χ1v) is 9.93. The molecular formula is C20H24N4OS. The van der Waals surface area contributed by atoms with Crippen LogP contribution in [0, 0.1) is 0 Å². The van der Waals surface area contributed by atoms with Gasteiger partial charge in [-0.2, -0.15) is 0 Å². The molecule has 0 saturated heterocycles. The summed E-state index contributed by atoms with van der Waals surface area (Å²) in [6.07, 6.45) is 4.38. The average molecular weight is 369 g/mol. The van der Waals surface area contributed by atoms with Crippen LogP contribution in [0.1, 0.15) is 67.0 Å². The van der Waals surface area contributed by atoms with Crippen molar-refractivity contribution in [1.29, 1.82) is 0 Å². The number of anilines is 1. The maximum absolute atomic E-state index is 12.9. The minimum atomic E-state index is -0.165. The lowest BCUT2D eigenvalue weighted by Gasteiger charge is -2.11. The third kappa shape index (κ3) is 4.25. The summed E-state index contributed by atoms with van der Waals surface area (Å²) in [6.45, 7) is 6.33. The van der Waals surface area contributed by atoms with Crippen LogP contribution in [0.4, 0.5) is 5.13 Å². The van der Waals surface area contributed by atoms with Crippen LogP contribution in [0.2, 0.25) is 0 Å². The van der Waals surface area contributed by atoms with Gasteiger partial charge in [-0.25, -0.2) is 0 Å². The number of pyridine rings is 1. The number of nitrogens with one attached hydrogen (secondary N) is 1. The molecule has 1 amide bonds. The molecule has 136 valence electrons. The predicted octanol–water partition coefficient (Wildman–Crippen LogP) is 5.19. The van der Waals surface area contributed by atoms with E-state index in [9.17, 15) is 4.79 Å². The van der Waals surface area contributed by atoms with Crippen molar-refractivity contribution in [3.8, 4) is 0 Å². The Labute approximate surface area is 157 Å². The monoisotopic (exact) mass is 368 g/mol. The van der Waals surface area contributed by atoms with Gasteiger partial charge in [0.2, 0.25) is 5.13 Å². The average Bonchev–Trinajstić information content (AvgIpc) is 3.08. The summed E-state index contributed by atoms with van der Waals surface area (Å²) >= 11 is 1.45. The molecule has 0 unspecified atom stereocenters. The van der Waals surface area contributed by atoms with Crippen molar-refractivity contribution >= 4 is 33.3 Å². The van der Waals surface area contributed by atoms with E-state index in [1.807, 2.05) is 30.3 Å². The standard InChI is InChI=1S/C20H24N4OS/c1-4-5-6-11-18-23-24-20(26-18)22-19(25)15-12-17(13(2)3)21-16-10-8-7-9-14(15)16/h7-10,12-13H,4-6,11H2,1-3H3,(H,22,24,25). The number of aryl methyl sites for hydroxylation is 1. The van der Waals surface area contributed by atoms with Gasteiger partial charge in [-0.05, 0) is 24.5 Å². The molecule has 3 aromatic rings. The van der Waals surface area contributed by atoms with Crippen molar-refractivity contribution in [2.75, 3.05) is 5.32 Å². The largest absolute Gasteiger partial charge is 0.296 e. The Balaban J connectivity index is 1.83. The molecule has 5 nitrogen and oxygen atoms in total. The second kappa shape index (κ2) is 8.36. The van der Waals surface area contributed by atoms with Crippen molar-refractivity contribution < 1.29 is 4.79 Å². The van der Waals surface area contributed by atoms with Gasteiger partial charge in [-0.3, -0.25) is 15.1 Å². The first-order chi connectivity index (χ1) is 12.6. The molecule has 26 heavy (non-hydrogen) atoms. The molecule has 0 bridgehead atoms. The number of amides is 1. The Morgan fingerprint density at radius 2 is 2.00 bits per heavy atom. The quantitative estimate of drug-likeness (QED) is 0.582. The number of carbonyl (C=O) groups is 1. The summed E-state index contributed by atoms with van der Waals surface area (Å²) in [5, 5.41) is 13.6. The Kier molecular flexibility index (Phi) is 5.93. The number of carbonyl (C=O) groups excluding carboxylic acids is 1. The second-order valence-electron chi connectivity index (χ2n) is 6.68. The van der Waals surface area contributed by atoms with E-state index >= 15 is 0 Å². The topological polar surface area (TPSA) is 67.8 Å². The molecule has 0 aliphatic rings. The van der Waals surface area contributed by atoms with Crippen LogP contribution in [0.25, 0.3) is 10.9 Å². The van der Waals surface area contributed by atoms with E-state index in [-0.39, 0.29) is 11.8 Å². The molecular weight excluding hydrogens is 344 g/mol. The molecule has 1 aromatic carbocycles. The number of hydrogen-bond acceptors (Lipinski definition) is 5. The molecule has 0 radical (unpaired) electrons. The fraction of sp³-hybridized carbons (Fsp3) is 0.400. The van der Waals surface area contributed by atoms with Crippen molar-refractivity contribution in [3.63, 3.8) is 0 Å². The first kappa shape index (κ1) is 18.5. The number of nitrogens with zero attached hydrogens (tertiary/aromatic N) is 3. The van der Waals surface area contributed by atoms with Crippen molar-refractivity contribution in [1.82, 2.24) is 15.2 Å². The summed E-state index contributed by atoms with van der Waals surface area (Å²) in [7, 11) is 0. The van der Waals surface area contributed by atoms with E-state index in [1.165, 1.54) is 24.2 Å². The normalized spacial score (nSPS) is 11.2. The molecule has 0 aliphatic carbocycles. The number of para-hydroxylation sites is 1. The fourth-order valence-corrected chi connectivity index (χ4v) is 3.55. The van der Waals surface area contributed by atoms with Crippen molar-refractivity contribution in [3.05, 3.63) is 46.6 Å². The van der Waals surface area contributed by atoms with E-state index in [4.69, 9.17) is 0 Å². The molecule has 2 heterocycles. The van der Waals surface area contributed by atoms with E-state index < -0.39 is 0 Å². The van der Waals surface area contributed by atoms with Crippen LogP contribution in [0.15, 0.2) is 30.3 Å². The lowest BCUT2D eigenvalue weighted by molar-refractivity contribution is 0.102. The van der Waals surface area contributed by atoms with Gasteiger partial charge in [0.25, 0.3) is 5.91 Å². The minimum Gasteiger partial charge on any atom is -0.296 e. The van der Waals surface area contributed by atoms with Crippen LogP contribution in [0.5, 0.6) is 0 Å². The van der Waals surface area contributed by atoms with Gasteiger partial charge in [0, 0.05) is 17.5 Å². The summed E-state index contributed by atoms with van der Waals surface area (Å²) < 4.78 is 0. The van der Waals surface area contributed by atoms with Crippen LogP contribution in [0.3, 0.4) is 0 Å². The summed E-state index contributed by atoms with van der Waals surface area (Å²) in [5.41, 5.74) is 2.37. The third-order valence-electron chi connectivity index (χ3n) is 4.25. The SMILES string of the molecule is CCCCCc1nnc(NC(=O)c2cc(C(C)C)nc3ccccc23)s1. The highest BCUT2D eigenvalue weighted by Crippen LogP contribution is 2.24. The highest BCUT2D eigenvalue weighted by molar-refractivity contribution is 7.15. The van der Waals surface area contributed by atoms with Gasteiger partial charge >= 0.3 is 0 Å². The summed E-state index contributed by atoms with van der Waals surface area (Å²) in [6, 6.07) is 9.61. The molecule has 0 fully saturated rings. The van der Waals surface area contributed by atoms with Crippen LogP contribution in [-0.4, -0.2) is 21.1 Å². The molecule has 0 saturated carbocycles. The molecule has 0 aliphatic heterocycles. The zero-order valence-corrected chi connectivity index (χ0v) is 16.3. The van der Waals surface area contributed by atoms with Gasteiger partial charge in [0.15, 0.2) is 0 Å². The highest BCUT2D eigenvalue weighted by atomic mass is 32.1. The van der Waals surface area contributed by atoms with E-state index in [1.54, 1.807) is 0 Å². The van der Waals surface area contributed by atoms with E-state index in [0.717, 1.165) is 34.4 Å². The summed E-state index contributed by atoms with van der Waals surface area (Å²) in [4.78, 5) is 17.5. The summed E-state index contributed by atoms with van der Waals surface area (Å²) in [5.74, 6) is 0.0830. The third-order valence-corrected chi connectivity index (χ3v) is 5.15. The Hall–Kier alpha value is -2.34. The van der Waals surface area contributed by atoms with Gasteiger partial charge in [-0.15, -0.1) is 10.2 Å². The Morgan fingerprint density at radius 3 is 2.77 bits per heavy atom. The lowest BCUT2D eigenvalue weighted by atomic mass is 10.0. The molecule has 1 N–H and O–H groups in total. The smallest absolute Gasteiger partial charge is 0.258 e. The van der Waals surface area contributed by atoms with Gasteiger partial charge in [0.05, 0.1) is 11.1 Å². The fourth-order valence-electron chi connectivity index (χ4n) is 2.78. The Morgan fingerprint density at radius 1 is 1.19 bits per heavy atom. The number of hydrogen-bond donors (Lipinski definition) is 1. The van der Waals surface area contributed by atoms with E-state index in [0.29, 0.717) is 10.7 Å². The highest BCUT2D eigenvalue weighted by Gasteiger charge is 2.16. The van der Waals surface area contributed by atoms with Gasteiger partial charge in [-0.1, -0.05) is 63.1 Å². The van der Waals surface area contributed by atoms with E-state index in [2.05, 4.69) is 41.3 Å². The second-order valence-corrected chi connectivity index (χ2v) is 7.74. The molecule has 0 spiro atoms. The molecule has 2 aromatic heterocycles. The lowest BCUT2D eigenvalue weighted by Crippen LogP contribution is -2.13. The minimum absolute atomic E-state index is 0.165. The van der Waals surface area contributed by atoms with Crippen molar-refractivity contribution in [2.24, 2.45) is 0 Å². The first-order valence-electron chi connectivity index (χ1n) is 9.12. The van der Waals surface area contributed by atoms with Gasteiger partial charge in [0.1, 0.15) is 5.01 Å². The zero-order valence-electron chi connectivity index (χ0n) is 15.5. The number of benzene rings is 1. The van der Waals surface area contributed by atoms with Crippen LogP contribution >= 0.6 is 11.3 Å². The Bertz CT molecular complexity index is 904. The molecule has 0 atom stereocenters. The number of rotatable bonds is 7. The van der Waals surface area contributed by atoms with Crippen molar-refractivity contribution in [2.45, 2.75) is 52.4 Å². The molecule has 6 heteroatoms.